The Morgan fingerprint density at radius 1 is 0.950 bits per heavy atom. The third-order valence-corrected chi connectivity index (χ3v) is 3.74. The number of fused-ring (bicyclic) bond motifs is 1. The Balaban J connectivity index is 1.41. The van der Waals surface area contributed by atoms with Crippen LogP contribution in [0.1, 0.15) is 5.56 Å². The van der Waals surface area contributed by atoms with Crippen molar-refractivity contribution in [3.8, 4) is 11.5 Å². The Hall–Kier alpha value is -1.90. The summed E-state index contributed by atoms with van der Waals surface area (Å²) in [4.78, 5) is 4.30. The predicted molar refractivity (Wildman–Crippen MR) is 79.5 cm³/mol. The fourth-order valence-electron chi connectivity index (χ4n) is 1.71. The Bertz CT molecular complexity index is 564. The molecule has 0 aromatic heterocycles. The fraction of sp³-hybridized carbons (Fsp3) is 0.133. The molecule has 102 valence electrons. The maximum Gasteiger partial charge on any atom is 0.463 e. The molecule has 1 aliphatic heterocycles. The quantitative estimate of drug-likeness (QED) is 0.477. The summed E-state index contributed by atoms with van der Waals surface area (Å²) in [5, 5.41) is 0. The summed E-state index contributed by atoms with van der Waals surface area (Å²) in [5.41, 5.74) is 1.08. The molecule has 0 bridgehead atoms. The van der Waals surface area contributed by atoms with E-state index in [1.165, 1.54) is 0 Å². The summed E-state index contributed by atoms with van der Waals surface area (Å²) < 4.78 is 16.6. The van der Waals surface area contributed by atoms with Crippen LogP contribution in [0.15, 0.2) is 59.6 Å². The van der Waals surface area contributed by atoms with Crippen molar-refractivity contribution in [2.24, 2.45) is 4.99 Å². The summed E-state index contributed by atoms with van der Waals surface area (Å²) in [7, 11) is -1.32. The van der Waals surface area contributed by atoms with Gasteiger partial charge in [-0.05, 0) is 17.7 Å². The molecule has 2 aromatic carbocycles. The molecule has 0 fully saturated rings. The maximum absolute atomic E-state index is 5.54. The van der Waals surface area contributed by atoms with E-state index in [9.17, 15) is 0 Å². The number of hydrogen-bond acceptors (Lipinski definition) is 4. The highest BCUT2D eigenvalue weighted by atomic mass is 31.2. The van der Waals surface area contributed by atoms with Gasteiger partial charge in [0.25, 0.3) is 0 Å². The van der Waals surface area contributed by atoms with Crippen molar-refractivity contribution < 1.29 is 13.6 Å². The Morgan fingerprint density at radius 2 is 1.60 bits per heavy atom. The van der Waals surface area contributed by atoms with Crippen molar-refractivity contribution >= 4 is 14.8 Å². The van der Waals surface area contributed by atoms with Crippen LogP contribution in [-0.4, -0.2) is 19.4 Å². The summed E-state index contributed by atoms with van der Waals surface area (Å²) in [5.74, 6) is 1.48. The number of hydrogen-bond donors (Lipinski definition) is 0. The summed E-state index contributed by atoms with van der Waals surface area (Å²) in [6, 6.07) is 17.5. The van der Waals surface area contributed by atoms with Crippen molar-refractivity contribution in [1.82, 2.24) is 0 Å². The second-order valence-electron chi connectivity index (χ2n) is 4.13. The average Bonchev–Trinajstić information content (AvgIpc) is 2.90. The van der Waals surface area contributed by atoms with Gasteiger partial charge in [0.1, 0.15) is 0 Å². The molecule has 3 rings (SSSR count). The lowest BCUT2D eigenvalue weighted by Gasteiger charge is -2.06. The largest absolute Gasteiger partial charge is 0.463 e. The number of para-hydroxylation sites is 2. The molecule has 2 aromatic rings. The third kappa shape index (κ3) is 3.35. The summed E-state index contributed by atoms with van der Waals surface area (Å²) in [6.45, 7) is 1.06. The minimum Gasteiger partial charge on any atom is -0.414 e. The third-order valence-electron chi connectivity index (χ3n) is 2.65. The van der Waals surface area contributed by atoms with Crippen molar-refractivity contribution in [1.29, 1.82) is 0 Å². The van der Waals surface area contributed by atoms with E-state index in [0.29, 0.717) is 13.2 Å². The van der Waals surface area contributed by atoms with Gasteiger partial charge in [0.15, 0.2) is 11.5 Å². The number of aliphatic imine (C=N–C) groups is 1. The van der Waals surface area contributed by atoms with E-state index in [0.717, 1.165) is 17.1 Å². The molecule has 0 aliphatic carbocycles. The molecule has 5 heteroatoms. The van der Waals surface area contributed by atoms with Gasteiger partial charge in [0.05, 0.1) is 13.2 Å². The highest BCUT2D eigenvalue weighted by molar-refractivity contribution is 7.43. The normalized spacial score (nSPS) is 14.0. The first kappa shape index (κ1) is 13.1. The zero-order valence-electron chi connectivity index (χ0n) is 10.8. The molecule has 0 atom stereocenters. The first-order valence-corrected chi connectivity index (χ1v) is 7.44. The van der Waals surface area contributed by atoms with Gasteiger partial charge in [-0.2, -0.15) is 0 Å². The van der Waals surface area contributed by atoms with Crippen LogP contribution in [0.2, 0.25) is 0 Å². The van der Waals surface area contributed by atoms with Gasteiger partial charge in [0.2, 0.25) is 0 Å². The number of benzene rings is 2. The van der Waals surface area contributed by atoms with Crippen LogP contribution >= 0.6 is 8.60 Å². The lowest BCUT2D eigenvalue weighted by atomic mass is 10.2. The van der Waals surface area contributed by atoms with Crippen LogP contribution in [0, 0.1) is 0 Å². The van der Waals surface area contributed by atoms with Gasteiger partial charge in [-0.15, -0.1) is 0 Å². The molecular weight excluding hydrogens is 273 g/mol. The van der Waals surface area contributed by atoms with E-state index in [4.69, 9.17) is 13.6 Å². The monoisotopic (exact) mass is 287 g/mol. The van der Waals surface area contributed by atoms with Crippen molar-refractivity contribution in [3.05, 3.63) is 60.2 Å². The second-order valence-corrected chi connectivity index (χ2v) is 5.20. The number of rotatable bonds is 5. The van der Waals surface area contributed by atoms with Crippen LogP contribution in [0.5, 0.6) is 11.5 Å². The standard InChI is InChI=1S/C15H14NO3P/c1-2-6-13(7-3-1)12-16-10-11-17-20-18-14-8-4-5-9-15(14)19-20/h1-9,12H,10-11H2. The van der Waals surface area contributed by atoms with E-state index < -0.39 is 8.60 Å². The van der Waals surface area contributed by atoms with Gasteiger partial charge >= 0.3 is 8.60 Å². The van der Waals surface area contributed by atoms with E-state index in [-0.39, 0.29) is 0 Å². The van der Waals surface area contributed by atoms with Crippen LogP contribution < -0.4 is 9.05 Å². The first-order chi connectivity index (χ1) is 9.92. The van der Waals surface area contributed by atoms with E-state index in [1.54, 1.807) is 0 Å². The summed E-state index contributed by atoms with van der Waals surface area (Å²) >= 11 is 0. The van der Waals surface area contributed by atoms with Gasteiger partial charge in [-0.3, -0.25) is 9.52 Å². The lowest BCUT2D eigenvalue weighted by molar-refractivity contribution is 0.292. The van der Waals surface area contributed by atoms with Crippen molar-refractivity contribution in [2.75, 3.05) is 13.2 Å². The van der Waals surface area contributed by atoms with Crippen molar-refractivity contribution in [3.63, 3.8) is 0 Å². The molecule has 0 saturated carbocycles. The van der Waals surface area contributed by atoms with E-state index >= 15 is 0 Å². The Labute approximate surface area is 119 Å². The van der Waals surface area contributed by atoms with Gasteiger partial charge in [0, 0.05) is 6.21 Å². The summed E-state index contributed by atoms with van der Waals surface area (Å²) in [6.07, 6.45) is 1.84. The highest BCUT2D eigenvalue weighted by Gasteiger charge is 2.26. The topological polar surface area (TPSA) is 40.0 Å². The fourth-order valence-corrected chi connectivity index (χ4v) is 2.71. The molecule has 0 amide bonds. The minimum atomic E-state index is -1.32. The molecule has 0 spiro atoms. The molecule has 1 heterocycles. The Kier molecular flexibility index (Phi) is 4.26. The van der Waals surface area contributed by atoms with Crippen LogP contribution in [0.25, 0.3) is 0 Å². The molecule has 0 unspecified atom stereocenters. The predicted octanol–water partition coefficient (Wildman–Crippen LogP) is 3.82. The molecule has 0 saturated heterocycles. The maximum atomic E-state index is 5.54. The molecular formula is C15H14NO3P. The van der Waals surface area contributed by atoms with Crippen LogP contribution in [0.4, 0.5) is 0 Å². The lowest BCUT2D eigenvalue weighted by Crippen LogP contribution is -1.98. The van der Waals surface area contributed by atoms with Gasteiger partial charge in [-0.1, -0.05) is 42.5 Å². The van der Waals surface area contributed by atoms with Crippen molar-refractivity contribution in [2.45, 2.75) is 0 Å². The van der Waals surface area contributed by atoms with E-state index in [1.807, 2.05) is 60.8 Å². The highest BCUT2D eigenvalue weighted by Crippen LogP contribution is 2.52. The Morgan fingerprint density at radius 3 is 2.30 bits per heavy atom. The molecule has 4 nitrogen and oxygen atoms in total. The van der Waals surface area contributed by atoms with Gasteiger partial charge in [-0.25, -0.2) is 0 Å². The second kappa shape index (κ2) is 6.51. The smallest absolute Gasteiger partial charge is 0.414 e. The van der Waals surface area contributed by atoms with Gasteiger partial charge < -0.3 is 9.05 Å². The van der Waals surface area contributed by atoms with Crippen LogP contribution in [-0.2, 0) is 4.52 Å². The minimum absolute atomic E-state index is 0.475. The molecule has 0 N–H and O–H groups in total. The number of nitrogens with zero attached hydrogens (tertiary/aromatic N) is 1. The molecule has 0 radical (unpaired) electrons. The first-order valence-electron chi connectivity index (χ1n) is 6.35. The SMILES string of the molecule is C(=NCCOP1Oc2ccccc2O1)c1ccccc1. The molecule has 20 heavy (non-hydrogen) atoms. The van der Waals surface area contributed by atoms with Crippen LogP contribution in [0.3, 0.4) is 0 Å². The zero-order chi connectivity index (χ0) is 13.6. The molecule has 1 aliphatic rings. The van der Waals surface area contributed by atoms with E-state index in [2.05, 4.69) is 4.99 Å². The average molecular weight is 287 g/mol. The zero-order valence-corrected chi connectivity index (χ0v) is 11.7.